The fourth-order valence-electron chi connectivity index (χ4n) is 1.72. The number of hydrogen-bond acceptors (Lipinski definition) is 2. The van der Waals surface area contributed by atoms with Gasteiger partial charge in [-0.2, -0.15) is 0 Å². The molecule has 14 heavy (non-hydrogen) atoms. The molecule has 1 aliphatic carbocycles. The quantitative estimate of drug-likeness (QED) is 0.790. The molecular formula is C12H14O2. The molecule has 0 atom stereocenters. The maximum absolute atomic E-state index is 8.69. The summed E-state index contributed by atoms with van der Waals surface area (Å²) in [5, 5.41) is 8.69. The van der Waals surface area contributed by atoms with Crippen molar-refractivity contribution in [2.75, 3.05) is 13.2 Å². The highest BCUT2D eigenvalue weighted by Crippen LogP contribution is 2.28. The number of aryl methyl sites for hydroxylation is 1. The first-order chi connectivity index (χ1) is 6.92. The zero-order valence-corrected chi connectivity index (χ0v) is 8.07. The van der Waals surface area contributed by atoms with Crippen molar-refractivity contribution >= 4 is 6.08 Å². The lowest BCUT2D eigenvalue weighted by molar-refractivity contribution is 0.201. The van der Waals surface area contributed by atoms with Crippen molar-refractivity contribution in [3.05, 3.63) is 35.4 Å². The molecule has 1 N–H and O–H groups in total. The van der Waals surface area contributed by atoms with Crippen LogP contribution in [-0.2, 0) is 6.42 Å². The maximum atomic E-state index is 8.69. The van der Waals surface area contributed by atoms with Crippen LogP contribution < -0.4 is 4.74 Å². The number of rotatable bonds is 3. The van der Waals surface area contributed by atoms with Gasteiger partial charge in [-0.15, -0.1) is 0 Å². The number of aliphatic hydroxyl groups excluding tert-OH is 1. The van der Waals surface area contributed by atoms with E-state index in [1.807, 2.05) is 12.1 Å². The van der Waals surface area contributed by atoms with E-state index in [1.54, 1.807) is 0 Å². The average Bonchev–Trinajstić information content (AvgIpc) is 2.26. The zero-order valence-electron chi connectivity index (χ0n) is 8.07. The zero-order chi connectivity index (χ0) is 9.80. The van der Waals surface area contributed by atoms with Crippen molar-refractivity contribution in [1.82, 2.24) is 0 Å². The lowest BCUT2D eigenvalue weighted by Crippen LogP contribution is -2.04. The highest BCUT2D eigenvalue weighted by molar-refractivity contribution is 5.63. The Labute approximate surface area is 83.8 Å². The lowest BCUT2D eigenvalue weighted by Gasteiger charge is -2.14. The molecule has 0 spiro atoms. The molecule has 2 nitrogen and oxygen atoms in total. The first-order valence-corrected chi connectivity index (χ1v) is 4.94. The van der Waals surface area contributed by atoms with E-state index in [2.05, 4.69) is 18.2 Å². The number of allylic oxidation sites excluding steroid dienone is 1. The molecule has 74 valence electrons. The molecule has 2 heteroatoms. The topological polar surface area (TPSA) is 29.5 Å². The molecule has 0 unspecified atom stereocenters. The van der Waals surface area contributed by atoms with Crippen LogP contribution in [0.4, 0.5) is 0 Å². The lowest BCUT2D eigenvalue weighted by atomic mass is 9.97. The SMILES string of the molecule is OCCOc1cccc2c1C=CCC2. The molecule has 0 aromatic heterocycles. The first-order valence-electron chi connectivity index (χ1n) is 4.94. The fraction of sp³-hybridized carbons (Fsp3) is 0.333. The first kappa shape index (κ1) is 9.28. The molecule has 0 saturated heterocycles. The molecule has 0 amide bonds. The van der Waals surface area contributed by atoms with Crippen molar-refractivity contribution in [3.63, 3.8) is 0 Å². The number of ether oxygens (including phenoxy) is 1. The summed E-state index contributed by atoms with van der Waals surface area (Å²) in [5.74, 6) is 0.882. The maximum Gasteiger partial charge on any atom is 0.126 e. The molecule has 0 fully saturated rings. The van der Waals surface area contributed by atoms with E-state index >= 15 is 0 Å². The third kappa shape index (κ3) is 1.80. The van der Waals surface area contributed by atoms with Gasteiger partial charge >= 0.3 is 0 Å². The summed E-state index contributed by atoms with van der Waals surface area (Å²) in [6.45, 7) is 0.428. The largest absolute Gasteiger partial charge is 0.491 e. The van der Waals surface area contributed by atoms with Crippen molar-refractivity contribution in [1.29, 1.82) is 0 Å². The highest BCUT2D eigenvalue weighted by atomic mass is 16.5. The second-order valence-electron chi connectivity index (χ2n) is 3.34. The minimum absolute atomic E-state index is 0.0629. The number of benzene rings is 1. The van der Waals surface area contributed by atoms with Gasteiger partial charge in [0.15, 0.2) is 0 Å². The Morgan fingerprint density at radius 3 is 3.14 bits per heavy atom. The van der Waals surface area contributed by atoms with Gasteiger partial charge < -0.3 is 9.84 Å². The Balaban J connectivity index is 2.28. The fourth-order valence-corrected chi connectivity index (χ4v) is 1.72. The molecular weight excluding hydrogens is 176 g/mol. The second-order valence-corrected chi connectivity index (χ2v) is 3.34. The van der Waals surface area contributed by atoms with Gasteiger partial charge in [-0.1, -0.05) is 24.3 Å². The van der Waals surface area contributed by atoms with Crippen molar-refractivity contribution in [3.8, 4) is 5.75 Å². The standard InChI is InChI=1S/C12H14O2/c13-8-9-14-12-7-3-5-10-4-1-2-6-11(10)12/h2-3,5-7,13H,1,4,8-9H2. The van der Waals surface area contributed by atoms with Crippen LogP contribution in [0.15, 0.2) is 24.3 Å². The minimum Gasteiger partial charge on any atom is -0.491 e. The van der Waals surface area contributed by atoms with E-state index in [0.717, 1.165) is 18.6 Å². The predicted molar refractivity (Wildman–Crippen MR) is 56.4 cm³/mol. The van der Waals surface area contributed by atoms with Gasteiger partial charge in [0.2, 0.25) is 0 Å². The minimum atomic E-state index is 0.0629. The monoisotopic (exact) mass is 190 g/mol. The van der Waals surface area contributed by atoms with Crippen molar-refractivity contribution in [2.24, 2.45) is 0 Å². The van der Waals surface area contributed by atoms with Gasteiger partial charge in [0.05, 0.1) is 6.61 Å². The number of hydrogen-bond donors (Lipinski definition) is 1. The van der Waals surface area contributed by atoms with E-state index in [-0.39, 0.29) is 6.61 Å². The third-order valence-corrected chi connectivity index (χ3v) is 2.37. The molecule has 0 aliphatic heterocycles. The molecule has 1 aromatic rings. The van der Waals surface area contributed by atoms with Crippen molar-refractivity contribution < 1.29 is 9.84 Å². The summed E-state index contributed by atoms with van der Waals surface area (Å²) in [6, 6.07) is 6.08. The second kappa shape index (κ2) is 4.29. The van der Waals surface area contributed by atoms with Gasteiger partial charge in [0.25, 0.3) is 0 Å². The van der Waals surface area contributed by atoms with Crippen LogP contribution in [0.3, 0.4) is 0 Å². The summed E-state index contributed by atoms with van der Waals surface area (Å²) in [5.41, 5.74) is 2.51. The van der Waals surface area contributed by atoms with Gasteiger partial charge in [-0.3, -0.25) is 0 Å². The molecule has 0 heterocycles. The van der Waals surface area contributed by atoms with Crippen LogP contribution in [0.2, 0.25) is 0 Å². The Kier molecular flexibility index (Phi) is 2.84. The van der Waals surface area contributed by atoms with Crippen LogP contribution in [-0.4, -0.2) is 18.3 Å². The summed E-state index contributed by atoms with van der Waals surface area (Å²) in [6.07, 6.45) is 6.46. The van der Waals surface area contributed by atoms with E-state index in [4.69, 9.17) is 9.84 Å². The summed E-state index contributed by atoms with van der Waals surface area (Å²) < 4.78 is 5.45. The Morgan fingerprint density at radius 2 is 2.29 bits per heavy atom. The molecule has 0 radical (unpaired) electrons. The van der Waals surface area contributed by atoms with Gasteiger partial charge in [0.1, 0.15) is 12.4 Å². The van der Waals surface area contributed by atoms with E-state index < -0.39 is 0 Å². The smallest absolute Gasteiger partial charge is 0.126 e. The van der Waals surface area contributed by atoms with Crippen LogP contribution in [0.25, 0.3) is 6.08 Å². The van der Waals surface area contributed by atoms with E-state index in [9.17, 15) is 0 Å². The molecule has 1 aromatic carbocycles. The van der Waals surface area contributed by atoms with Gasteiger partial charge in [0, 0.05) is 5.56 Å². The Hall–Kier alpha value is -1.28. The molecule has 0 bridgehead atoms. The molecule has 0 saturated carbocycles. The van der Waals surface area contributed by atoms with Crippen molar-refractivity contribution in [2.45, 2.75) is 12.8 Å². The molecule has 1 aliphatic rings. The average molecular weight is 190 g/mol. The Bertz CT molecular complexity index is 342. The van der Waals surface area contributed by atoms with E-state index in [1.165, 1.54) is 11.1 Å². The summed E-state index contributed by atoms with van der Waals surface area (Å²) >= 11 is 0. The number of aliphatic hydroxyl groups is 1. The van der Waals surface area contributed by atoms with Crippen LogP contribution in [0, 0.1) is 0 Å². The van der Waals surface area contributed by atoms with Gasteiger partial charge in [-0.05, 0) is 24.5 Å². The van der Waals surface area contributed by atoms with Crippen LogP contribution in [0.5, 0.6) is 5.75 Å². The number of fused-ring (bicyclic) bond motifs is 1. The highest BCUT2D eigenvalue weighted by Gasteiger charge is 2.08. The van der Waals surface area contributed by atoms with Crippen LogP contribution >= 0.6 is 0 Å². The van der Waals surface area contributed by atoms with Crippen LogP contribution in [0.1, 0.15) is 17.5 Å². The van der Waals surface area contributed by atoms with E-state index in [0.29, 0.717) is 6.61 Å². The summed E-state index contributed by atoms with van der Waals surface area (Å²) in [4.78, 5) is 0. The summed E-state index contributed by atoms with van der Waals surface area (Å²) in [7, 11) is 0. The predicted octanol–water partition coefficient (Wildman–Crippen LogP) is 2.02. The third-order valence-electron chi connectivity index (χ3n) is 2.37. The normalized spacial score (nSPS) is 13.8. The molecule has 2 rings (SSSR count). The van der Waals surface area contributed by atoms with Gasteiger partial charge in [-0.25, -0.2) is 0 Å². The Morgan fingerprint density at radius 1 is 1.36 bits per heavy atom.